The number of benzene rings is 3. The molecule has 1 atom stereocenters. The lowest BCUT2D eigenvalue weighted by Crippen LogP contribution is -2.24. The van der Waals surface area contributed by atoms with E-state index in [0.29, 0.717) is 22.6 Å². The lowest BCUT2D eigenvalue weighted by atomic mass is 9.85. The van der Waals surface area contributed by atoms with E-state index < -0.39 is 35.1 Å². The summed E-state index contributed by atoms with van der Waals surface area (Å²) in [6.45, 7) is 0. The summed E-state index contributed by atoms with van der Waals surface area (Å²) in [5.74, 6) is -1.68. The molecule has 0 aromatic heterocycles. The van der Waals surface area contributed by atoms with Crippen molar-refractivity contribution in [2.75, 3.05) is 19.5 Å². The number of ketones is 2. The Kier molecular flexibility index (Phi) is 8.47. The second kappa shape index (κ2) is 11.5. The number of Topliss-reactive ketones (excluding diaryl/α,β-unsaturated/α-hetero) is 2. The second-order valence-corrected chi connectivity index (χ2v) is 7.89. The molecule has 3 rings (SSSR count). The van der Waals surface area contributed by atoms with Crippen LogP contribution in [-0.2, 0) is 15.8 Å². The van der Waals surface area contributed by atoms with Gasteiger partial charge in [-0.05, 0) is 60.2 Å². The fraction of sp³-hybridized carbons (Fsp3) is 0.222. The number of ether oxygens (including phenoxy) is 2. The molecule has 0 aliphatic heterocycles. The molecule has 36 heavy (non-hydrogen) atoms. The van der Waals surface area contributed by atoms with Crippen molar-refractivity contribution in [3.05, 3.63) is 89.5 Å². The lowest BCUT2D eigenvalue weighted by Gasteiger charge is -2.16. The zero-order valence-electron chi connectivity index (χ0n) is 19.6. The van der Waals surface area contributed by atoms with E-state index in [9.17, 15) is 27.6 Å². The summed E-state index contributed by atoms with van der Waals surface area (Å²) in [6.07, 6.45) is -5.15. The largest absolute Gasteiger partial charge is 0.497 e. The van der Waals surface area contributed by atoms with Gasteiger partial charge in [0.15, 0.2) is 5.78 Å². The van der Waals surface area contributed by atoms with Crippen LogP contribution in [0, 0.1) is 0 Å². The van der Waals surface area contributed by atoms with Gasteiger partial charge >= 0.3 is 6.18 Å². The van der Waals surface area contributed by atoms with E-state index in [1.807, 2.05) is 0 Å². The maximum absolute atomic E-state index is 13.3. The number of anilines is 1. The first-order valence-electron chi connectivity index (χ1n) is 10.9. The van der Waals surface area contributed by atoms with E-state index in [-0.39, 0.29) is 18.5 Å². The number of methoxy groups -OCH3 is 2. The van der Waals surface area contributed by atoms with E-state index in [4.69, 9.17) is 9.47 Å². The minimum absolute atomic E-state index is 0.0386. The van der Waals surface area contributed by atoms with Crippen molar-refractivity contribution in [2.24, 2.45) is 0 Å². The molecule has 3 aromatic carbocycles. The SMILES string of the molecule is COc1ccc(C(=O)[C@@H](C(=O)CCC(=O)Nc2cccc(C(F)(F)F)c2)c2ccc(OC)cc2)cc1. The van der Waals surface area contributed by atoms with Crippen LogP contribution >= 0.6 is 0 Å². The predicted octanol–water partition coefficient (Wildman–Crippen LogP) is 5.68. The van der Waals surface area contributed by atoms with Gasteiger partial charge in [0.05, 0.1) is 19.8 Å². The molecule has 0 unspecified atom stereocenters. The summed E-state index contributed by atoms with van der Waals surface area (Å²) in [5, 5.41) is 2.37. The number of alkyl halides is 3. The summed E-state index contributed by atoms with van der Waals surface area (Å²) in [6, 6.07) is 17.0. The Morgan fingerprint density at radius 1 is 0.833 bits per heavy atom. The maximum atomic E-state index is 13.3. The summed E-state index contributed by atoms with van der Waals surface area (Å²) in [4.78, 5) is 38.9. The topological polar surface area (TPSA) is 81.7 Å². The van der Waals surface area contributed by atoms with Crippen molar-refractivity contribution in [3.8, 4) is 11.5 Å². The first kappa shape index (κ1) is 26.5. The average Bonchev–Trinajstić information content (AvgIpc) is 2.87. The molecule has 0 fully saturated rings. The summed E-state index contributed by atoms with van der Waals surface area (Å²) >= 11 is 0. The molecular weight excluding hydrogens is 475 g/mol. The zero-order chi connectivity index (χ0) is 26.3. The molecule has 0 saturated carbocycles. The fourth-order valence-corrected chi connectivity index (χ4v) is 3.58. The third-order valence-corrected chi connectivity index (χ3v) is 5.48. The Bertz CT molecular complexity index is 1220. The minimum atomic E-state index is -4.55. The molecular formula is C27H24F3NO5. The molecule has 0 spiro atoms. The van der Waals surface area contributed by atoms with Gasteiger partial charge in [-0.1, -0.05) is 18.2 Å². The van der Waals surface area contributed by atoms with Gasteiger partial charge in [-0.2, -0.15) is 13.2 Å². The highest BCUT2D eigenvalue weighted by Gasteiger charge is 2.31. The van der Waals surface area contributed by atoms with Crippen molar-refractivity contribution in [3.63, 3.8) is 0 Å². The summed E-state index contributed by atoms with van der Waals surface area (Å²) in [5.41, 5.74) is -0.220. The van der Waals surface area contributed by atoms with E-state index in [2.05, 4.69) is 5.32 Å². The minimum Gasteiger partial charge on any atom is -0.497 e. The highest BCUT2D eigenvalue weighted by Crippen LogP contribution is 2.31. The second-order valence-electron chi connectivity index (χ2n) is 7.89. The normalized spacial score (nSPS) is 11.9. The van der Waals surface area contributed by atoms with Crippen molar-refractivity contribution in [2.45, 2.75) is 24.9 Å². The molecule has 1 amide bonds. The van der Waals surface area contributed by atoms with Gasteiger partial charge in [-0.15, -0.1) is 0 Å². The number of carbonyl (C=O) groups is 3. The Hall–Kier alpha value is -4.14. The average molecular weight is 499 g/mol. The van der Waals surface area contributed by atoms with Crippen molar-refractivity contribution in [1.82, 2.24) is 0 Å². The number of hydrogen-bond donors (Lipinski definition) is 1. The summed E-state index contributed by atoms with van der Waals surface area (Å²) < 4.78 is 49.0. The van der Waals surface area contributed by atoms with Crippen LogP contribution in [0.25, 0.3) is 0 Å². The number of nitrogens with one attached hydrogen (secondary N) is 1. The van der Waals surface area contributed by atoms with Crippen molar-refractivity contribution in [1.29, 1.82) is 0 Å². The number of carbonyl (C=O) groups excluding carboxylic acids is 3. The fourth-order valence-electron chi connectivity index (χ4n) is 3.58. The monoisotopic (exact) mass is 499 g/mol. The number of hydrogen-bond acceptors (Lipinski definition) is 5. The molecule has 0 heterocycles. The highest BCUT2D eigenvalue weighted by molar-refractivity contribution is 6.15. The van der Waals surface area contributed by atoms with Crippen molar-refractivity contribution >= 4 is 23.2 Å². The molecule has 3 aromatic rings. The van der Waals surface area contributed by atoms with Crippen LogP contribution in [0.5, 0.6) is 11.5 Å². The Morgan fingerprint density at radius 2 is 1.42 bits per heavy atom. The van der Waals surface area contributed by atoms with Crippen LogP contribution in [0.1, 0.15) is 40.2 Å². The van der Waals surface area contributed by atoms with Gasteiger partial charge in [-0.25, -0.2) is 0 Å². The molecule has 0 aliphatic carbocycles. The number of halogens is 3. The molecule has 6 nitrogen and oxygen atoms in total. The number of rotatable bonds is 10. The third kappa shape index (κ3) is 6.71. The van der Waals surface area contributed by atoms with Gasteiger partial charge in [0.2, 0.25) is 5.91 Å². The molecule has 0 saturated heterocycles. The van der Waals surface area contributed by atoms with E-state index in [0.717, 1.165) is 12.1 Å². The Labute approximate surface area is 206 Å². The van der Waals surface area contributed by atoms with Crippen LogP contribution in [0.15, 0.2) is 72.8 Å². The van der Waals surface area contributed by atoms with Crippen LogP contribution in [0.2, 0.25) is 0 Å². The summed E-state index contributed by atoms with van der Waals surface area (Å²) in [7, 11) is 2.98. The zero-order valence-corrected chi connectivity index (χ0v) is 19.6. The van der Waals surface area contributed by atoms with Gasteiger partial charge in [0.1, 0.15) is 23.2 Å². The van der Waals surface area contributed by atoms with Gasteiger partial charge in [-0.3, -0.25) is 14.4 Å². The standard InChI is InChI=1S/C27H24F3NO5/c1-35-21-10-6-17(7-11-21)25(26(34)18-8-12-22(36-2)13-9-18)23(32)14-15-24(33)31-20-5-3-4-19(16-20)27(28,29)30/h3-13,16,25H,14-15H2,1-2H3,(H,31,33)/t25-/m1/s1. The number of amides is 1. The molecule has 1 N–H and O–H groups in total. The smallest absolute Gasteiger partial charge is 0.416 e. The van der Waals surface area contributed by atoms with E-state index in [1.54, 1.807) is 48.5 Å². The molecule has 0 bridgehead atoms. The lowest BCUT2D eigenvalue weighted by molar-refractivity contribution is -0.137. The third-order valence-electron chi connectivity index (χ3n) is 5.48. The molecule has 0 radical (unpaired) electrons. The quantitative estimate of drug-likeness (QED) is 0.287. The van der Waals surface area contributed by atoms with Gasteiger partial charge < -0.3 is 14.8 Å². The van der Waals surface area contributed by atoms with E-state index in [1.165, 1.54) is 26.4 Å². The van der Waals surface area contributed by atoms with Crippen LogP contribution < -0.4 is 14.8 Å². The first-order chi connectivity index (χ1) is 17.1. The van der Waals surface area contributed by atoms with Crippen LogP contribution in [0.3, 0.4) is 0 Å². The Morgan fingerprint density at radius 3 is 1.97 bits per heavy atom. The maximum Gasteiger partial charge on any atom is 0.416 e. The van der Waals surface area contributed by atoms with Crippen LogP contribution in [-0.4, -0.2) is 31.7 Å². The molecule has 9 heteroatoms. The van der Waals surface area contributed by atoms with Gasteiger partial charge in [0.25, 0.3) is 0 Å². The van der Waals surface area contributed by atoms with Gasteiger partial charge in [0, 0.05) is 24.1 Å². The Balaban J connectivity index is 1.76. The highest BCUT2D eigenvalue weighted by atomic mass is 19.4. The van der Waals surface area contributed by atoms with E-state index >= 15 is 0 Å². The molecule has 188 valence electrons. The van der Waals surface area contributed by atoms with Crippen LogP contribution in [0.4, 0.5) is 18.9 Å². The first-order valence-corrected chi connectivity index (χ1v) is 10.9. The predicted molar refractivity (Wildman–Crippen MR) is 127 cm³/mol. The van der Waals surface area contributed by atoms with Crippen molar-refractivity contribution < 1.29 is 37.0 Å². The molecule has 0 aliphatic rings.